The van der Waals surface area contributed by atoms with Gasteiger partial charge in [0.05, 0.1) is 29.3 Å². The Morgan fingerprint density at radius 3 is 2.79 bits per heavy atom. The number of pyridine rings is 1. The minimum absolute atomic E-state index is 0.180. The maximum Gasteiger partial charge on any atom is 0.253 e. The Kier molecular flexibility index (Phi) is 3.50. The topological polar surface area (TPSA) is 85.8 Å². The molecular formula is C13H17N5O. The van der Waals surface area contributed by atoms with Gasteiger partial charge in [0.1, 0.15) is 0 Å². The molecule has 0 spiro atoms. The third-order valence-corrected chi connectivity index (χ3v) is 3.13. The van der Waals surface area contributed by atoms with Crippen LogP contribution in [0, 0.1) is 13.8 Å². The van der Waals surface area contributed by atoms with Crippen LogP contribution in [0.25, 0.3) is 0 Å². The van der Waals surface area contributed by atoms with E-state index in [-0.39, 0.29) is 5.91 Å². The fourth-order valence-corrected chi connectivity index (χ4v) is 1.77. The van der Waals surface area contributed by atoms with Crippen LogP contribution in [-0.4, -0.2) is 20.7 Å². The minimum Gasteiger partial charge on any atom is -0.397 e. The molecule has 2 aromatic rings. The Hall–Kier alpha value is -2.37. The Morgan fingerprint density at radius 2 is 2.16 bits per heavy atom. The van der Waals surface area contributed by atoms with Gasteiger partial charge >= 0.3 is 0 Å². The van der Waals surface area contributed by atoms with Crippen LogP contribution in [0.5, 0.6) is 0 Å². The number of nitrogens with zero attached hydrogens (tertiary/aromatic N) is 3. The van der Waals surface area contributed by atoms with Gasteiger partial charge in [-0.1, -0.05) is 0 Å². The fourth-order valence-electron chi connectivity index (χ4n) is 1.77. The molecule has 0 saturated heterocycles. The second-order valence-corrected chi connectivity index (χ2v) is 4.46. The highest BCUT2D eigenvalue weighted by Crippen LogP contribution is 2.10. The summed E-state index contributed by atoms with van der Waals surface area (Å²) in [6, 6.07) is 1.63. The highest BCUT2D eigenvalue weighted by molar-refractivity contribution is 5.95. The number of carbonyl (C=O) groups excluding carboxylic acids is 1. The predicted octanol–water partition coefficient (Wildman–Crippen LogP) is 0.944. The van der Waals surface area contributed by atoms with E-state index in [2.05, 4.69) is 15.4 Å². The average Bonchev–Trinajstić information content (AvgIpc) is 2.70. The molecule has 0 fully saturated rings. The number of hydrogen-bond acceptors (Lipinski definition) is 4. The van der Waals surface area contributed by atoms with Crippen LogP contribution in [0.3, 0.4) is 0 Å². The lowest BCUT2D eigenvalue weighted by Gasteiger charge is -2.07. The van der Waals surface area contributed by atoms with Crippen LogP contribution in [-0.2, 0) is 13.6 Å². The number of hydrogen-bond donors (Lipinski definition) is 2. The zero-order chi connectivity index (χ0) is 14.0. The maximum atomic E-state index is 12.1. The Labute approximate surface area is 111 Å². The average molecular weight is 259 g/mol. The second kappa shape index (κ2) is 5.09. The zero-order valence-electron chi connectivity index (χ0n) is 11.3. The van der Waals surface area contributed by atoms with Gasteiger partial charge in [-0.2, -0.15) is 5.10 Å². The van der Waals surface area contributed by atoms with Crippen molar-refractivity contribution in [2.45, 2.75) is 20.4 Å². The van der Waals surface area contributed by atoms with Gasteiger partial charge in [-0.15, -0.1) is 0 Å². The van der Waals surface area contributed by atoms with Gasteiger partial charge in [0.15, 0.2) is 0 Å². The SMILES string of the molecule is Cc1ncc(N)cc1C(=O)NCc1cnn(C)c1C. The van der Waals surface area contributed by atoms with Gasteiger partial charge in [0.25, 0.3) is 5.91 Å². The first-order chi connectivity index (χ1) is 8.99. The van der Waals surface area contributed by atoms with Crippen molar-refractivity contribution in [3.05, 3.63) is 41.0 Å². The van der Waals surface area contributed by atoms with Crippen molar-refractivity contribution in [1.29, 1.82) is 0 Å². The van der Waals surface area contributed by atoms with E-state index in [1.807, 2.05) is 14.0 Å². The zero-order valence-corrected chi connectivity index (χ0v) is 11.3. The number of anilines is 1. The van der Waals surface area contributed by atoms with Crippen LogP contribution in [0.4, 0.5) is 5.69 Å². The first kappa shape index (κ1) is 13.1. The van der Waals surface area contributed by atoms with Crippen molar-refractivity contribution >= 4 is 11.6 Å². The highest BCUT2D eigenvalue weighted by Gasteiger charge is 2.11. The molecule has 0 aliphatic heterocycles. The molecule has 2 aromatic heterocycles. The van der Waals surface area contributed by atoms with Crippen molar-refractivity contribution in [2.24, 2.45) is 7.05 Å². The molecule has 0 aliphatic rings. The van der Waals surface area contributed by atoms with Crippen molar-refractivity contribution < 1.29 is 4.79 Å². The van der Waals surface area contributed by atoms with Crippen LogP contribution >= 0.6 is 0 Å². The molecule has 0 bridgehead atoms. The first-order valence-electron chi connectivity index (χ1n) is 5.97. The van der Waals surface area contributed by atoms with Gasteiger partial charge in [-0.25, -0.2) is 0 Å². The lowest BCUT2D eigenvalue weighted by atomic mass is 10.1. The summed E-state index contributed by atoms with van der Waals surface area (Å²) in [6.07, 6.45) is 3.29. The van der Waals surface area contributed by atoms with E-state index in [9.17, 15) is 4.79 Å². The summed E-state index contributed by atoms with van der Waals surface area (Å²) in [5, 5.41) is 6.98. The Bertz CT molecular complexity index is 617. The number of rotatable bonds is 3. The van der Waals surface area contributed by atoms with E-state index in [0.29, 0.717) is 23.5 Å². The molecule has 6 heteroatoms. The van der Waals surface area contributed by atoms with Crippen molar-refractivity contribution in [3.8, 4) is 0 Å². The Balaban J connectivity index is 2.09. The standard InChI is InChI=1S/C13H17N5O/c1-8-12(4-11(14)7-15-8)13(19)16-5-10-6-17-18(3)9(10)2/h4,6-7H,5,14H2,1-3H3,(H,16,19). The van der Waals surface area contributed by atoms with Crippen LogP contribution in [0.15, 0.2) is 18.5 Å². The molecule has 0 atom stereocenters. The van der Waals surface area contributed by atoms with Crippen molar-refractivity contribution in [3.63, 3.8) is 0 Å². The lowest BCUT2D eigenvalue weighted by Crippen LogP contribution is -2.24. The molecule has 0 saturated carbocycles. The van der Waals surface area contributed by atoms with E-state index < -0.39 is 0 Å². The highest BCUT2D eigenvalue weighted by atomic mass is 16.1. The molecule has 0 radical (unpaired) electrons. The number of nitrogens with two attached hydrogens (primary N) is 1. The monoisotopic (exact) mass is 259 g/mol. The number of aromatic nitrogens is 3. The lowest BCUT2D eigenvalue weighted by molar-refractivity contribution is 0.0950. The molecule has 1 amide bonds. The third kappa shape index (κ3) is 2.73. The molecule has 6 nitrogen and oxygen atoms in total. The van der Waals surface area contributed by atoms with Gasteiger partial charge in [0, 0.05) is 24.8 Å². The van der Waals surface area contributed by atoms with Gasteiger partial charge in [-0.3, -0.25) is 14.5 Å². The first-order valence-corrected chi connectivity index (χ1v) is 5.97. The van der Waals surface area contributed by atoms with Gasteiger partial charge in [-0.05, 0) is 19.9 Å². The molecule has 0 unspecified atom stereocenters. The summed E-state index contributed by atoms with van der Waals surface area (Å²) < 4.78 is 1.77. The molecule has 2 heterocycles. The van der Waals surface area contributed by atoms with E-state index in [1.165, 1.54) is 6.20 Å². The van der Waals surface area contributed by atoms with E-state index in [0.717, 1.165) is 11.3 Å². The summed E-state index contributed by atoms with van der Waals surface area (Å²) in [6.45, 7) is 4.18. The summed E-state index contributed by atoms with van der Waals surface area (Å²) in [5.74, 6) is -0.180. The largest absolute Gasteiger partial charge is 0.397 e. The van der Waals surface area contributed by atoms with Crippen LogP contribution in [0.1, 0.15) is 27.3 Å². The molecule has 3 N–H and O–H groups in total. The number of nitrogen functional groups attached to an aromatic ring is 1. The minimum atomic E-state index is -0.180. The summed E-state index contributed by atoms with van der Waals surface area (Å²) >= 11 is 0. The fraction of sp³-hybridized carbons (Fsp3) is 0.308. The quantitative estimate of drug-likeness (QED) is 0.859. The van der Waals surface area contributed by atoms with Gasteiger partial charge < -0.3 is 11.1 Å². The second-order valence-electron chi connectivity index (χ2n) is 4.46. The Morgan fingerprint density at radius 1 is 1.42 bits per heavy atom. The van der Waals surface area contributed by atoms with E-state index >= 15 is 0 Å². The summed E-state index contributed by atoms with van der Waals surface area (Å²) in [5.41, 5.74) is 9.31. The van der Waals surface area contributed by atoms with Crippen molar-refractivity contribution in [2.75, 3.05) is 5.73 Å². The summed E-state index contributed by atoms with van der Waals surface area (Å²) in [7, 11) is 1.87. The molecule has 19 heavy (non-hydrogen) atoms. The number of aryl methyl sites for hydroxylation is 2. The van der Waals surface area contributed by atoms with Crippen molar-refractivity contribution in [1.82, 2.24) is 20.1 Å². The van der Waals surface area contributed by atoms with Crippen LogP contribution < -0.4 is 11.1 Å². The maximum absolute atomic E-state index is 12.1. The van der Waals surface area contributed by atoms with E-state index in [4.69, 9.17) is 5.73 Å². The van der Waals surface area contributed by atoms with Gasteiger partial charge in [0.2, 0.25) is 0 Å². The smallest absolute Gasteiger partial charge is 0.253 e. The summed E-state index contributed by atoms with van der Waals surface area (Å²) in [4.78, 5) is 16.1. The molecule has 0 aromatic carbocycles. The molecule has 0 aliphatic carbocycles. The molecule has 100 valence electrons. The number of amides is 1. The number of nitrogens with one attached hydrogen (secondary N) is 1. The molecular weight excluding hydrogens is 242 g/mol. The van der Waals surface area contributed by atoms with E-state index in [1.54, 1.807) is 23.9 Å². The predicted molar refractivity (Wildman–Crippen MR) is 72.5 cm³/mol. The number of carbonyl (C=O) groups is 1. The van der Waals surface area contributed by atoms with Crippen LogP contribution in [0.2, 0.25) is 0 Å². The molecule has 2 rings (SSSR count). The third-order valence-electron chi connectivity index (χ3n) is 3.13. The normalized spacial score (nSPS) is 10.5.